The van der Waals surface area contributed by atoms with E-state index in [0.29, 0.717) is 17.3 Å². The third kappa shape index (κ3) is 3.23. The minimum atomic E-state index is -0.269. The molecule has 17 heavy (non-hydrogen) atoms. The summed E-state index contributed by atoms with van der Waals surface area (Å²) in [6, 6.07) is 6.31. The molecule has 0 unspecified atom stereocenters. The van der Waals surface area contributed by atoms with Crippen LogP contribution in [0.4, 0.5) is 9.52 Å². The van der Waals surface area contributed by atoms with E-state index in [9.17, 15) is 4.39 Å². The van der Waals surface area contributed by atoms with Crippen LogP contribution in [0.15, 0.2) is 24.3 Å². The molecule has 0 spiro atoms. The van der Waals surface area contributed by atoms with Crippen LogP contribution in [0.1, 0.15) is 13.8 Å². The first kappa shape index (κ1) is 12.0. The van der Waals surface area contributed by atoms with Crippen molar-refractivity contribution >= 4 is 16.7 Å². The lowest BCUT2D eigenvalue weighted by atomic mass is 10.2. The zero-order valence-electron chi connectivity index (χ0n) is 9.77. The molecule has 0 saturated heterocycles. The number of rotatable bonds is 4. The molecule has 0 aliphatic heterocycles. The fourth-order valence-corrected chi connectivity index (χ4v) is 1.93. The van der Waals surface area contributed by atoms with Crippen LogP contribution >= 0.6 is 11.5 Å². The van der Waals surface area contributed by atoms with Gasteiger partial charge in [0, 0.05) is 23.6 Å². The molecule has 0 bridgehead atoms. The minimum Gasteiger partial charge on any atom is -0.360 e. The van der Waals surface area contributed by atoms with Crippen molar-refractivity contribution < 1.29 is 4.39 Å². The molecule has 1 heterocycles. The highest BCUT2D eigenvalue weighted by molar-refractivity contribution is 7.09. The first-order valence-electron chi connectivity index (χ1n) is 5.48. The lowest BCUT2D eigenvalue weighted by Crippen LogP contribution is -2.07. The monoisotopic (exact) mass is 251 g/mol. The molecule has 90 valence electrons. The third-order valence-corrected chi connectivity index (χ3v) is 2.84. The number of hydrogen-bond donors (Lipinski definition) is 1. The fraction of sp³-hybridized carbons (Fsp3) is 0.333. The maximum absolute atomic E-state index is 13.0. The molecule has 0 aliphatic carbocycles. The van der Waals surface area contributed by atoms with Gasteiger partial charge in [0.05, 0.1) is 0 Å². The predicted octanol–water partition coefficient (Wildman–Crippen LogP) is 3.41. The molecule has 3 nitrogen and oxygen atoms in total. The SMILES string of the molecule is CC(C)CNc1nc(-c2cccc(F)c2)ns1. The van der Waals surface area contributed by atoms with Crippen LogP contribution in [0.25, 0.3) is 11.4 Å². The van der Waals surface area contributed by atoms with E-state index in [1.54, 1.807) is 12.1 Å². The van der Waals surface area contributed by atoms with Crippen molar-refractivity contribution in [2.24, 2.45) is 5.92 Å². The van der Waals surface area contributed by atoms with Crippen molar-refractivity contribution in [1.82, 2.24) is 9.36 Å². The Labute approximate surface area is 104 Å². The van der Waals surface area contributed by atoms with Crippen molar-refractivity contribution in [3.8, 4) is 11.4 Å². The van der Waals surface area contributed by atoms with Gasteiger partial charge in [0.1, 0.15) is 5.82 Å². The normalized spacial score (nSPS) is 10.8. The summed E-state index contributed by atoms with van der Waals surface area (Å²) >= 11 is 1.30. The molecule has 0 fully saturated rings. The second-order valence-corrected chi connectivity index (χ2v) is 4.96. The van der Waals surface area contributed by atoms with Crippen LogP contribution in [0.2, 0.25) is 0 Å². The summed E-state index contributed by atoms with van der Waals surface area (Å²) in [6.07, 6.45) is 0. The maximum Gasteiger partial charge on any atom is 0.202 e. The topological polar surface area (TPSA) is 37.8 Å². The van der Waals surface area contributed by atoms with Gasteiger partial charge in [-0.3, -0.25) is 0 Å². The van der Waals surface area contributed by atoms with E-state index in [4.69, 9.17) is 0 Å². The summed E-state index contributed by atoms with van der Waals surface area (Å²) in [5.41, 5.74) is 0.707. The Hall–Kier alpha value is -1.49. The number of anilines is 1. The molecule has 0 saturated carbocycles. The molecule has 0 atom stereocenters. The Morgan fingerprint density at radius 1 is 1.41 bits per heavy atom. The van der Waals surface area contributed by atoms with Gasteiger partial charge in [-0.2, -0.15) is 9.36 Å². The van der Waals surface area contributed by atoms with Gasteiger partial charge in [-0.15, -0.1) is 0 Å². The van der Waals surface area contributed by atoms with Crippen LogP contribution in [-0.4, -0.2) is 15.9 Å². The first-order chi connectivity index (χ1) is 8.15. The van der Waals surface area contributed by atoms with Crippen LogP contribution in [0, 0.1) is 11.7 Å². The Balaban J connectivity index is 2.12. The van der Waals surface area contributed by atoms with E-state index in [0.717, 1.165) is 11.7 Å². The van der Waals surface area contributed by atoms with Gasteiger partial charge in [-0.25, -0.2) is 4.39 Å². The Morgan fingerprint density at radius 3 is 2.94 bits per heavy atom. The second kappa shape index (κ2) is 5.23. The highest BCUT2D eigenvalue weighted by Crippen LogP contribution is 2.21. The molecule has 0 radical (unpaired) electrons. The second-order valence-electron chi connectivity index (χ2n) is 4.21. The lowest BCUT2D eigenvalue weighted by molar-refractivity contribution is 0.628. The number of halogens is 1. The van der Waals surface area contributed by atoms with Crippen molar-refractivity contribution in [2.45, 2.75) is 13.8 Å². The van der Waals surface area contributed by atoms with Crippen LogP contribution in [0.3, 0.4) is 0 Å². The van der Waals surface area contributed by atoms with E-state index in [1.165, 1.54) is 23.7 Å². The van der Waals surface area contributed by atoms with Crippen molar-refractivity contribution in [2.75, 3.05) is 11.9 Å². The van der Waals surface area contributed by atoms with Crippen LogP contribution in [0.5, 0.6) is 0 Å². The summed E-state index contributed by atoms with van der Waals surface area (Å²) in [4.78, 5) is 4.32. The quantitative estimate of drug-likeness (QED) is 0.904. The van der Waals surface area contributed by atoms with Gasteiger partial charge in [0.25, 0.3) is 0 Å². The molecule has 1 aromatic carbocycles. The average molecular weight is 251 g/mol. The van der Waals surface area contributed by atoms with Crippen LogP contribution < -0.4 is 5.32 Å². The highest BCUT2D eigenvalue weighted by Gasteiger charge is 2.07. The molecule has 0 aliphatic rings. The van der Waals surface area contributed by atoms with E-state index >= 15 is 0 Å². The Kier molecular flexibility index (Phi) is 3.68. The average Bonchev–Trinajstić information content (AvgIpc) is 2.75. The summed E-state index contributed by atoms with van der Waals surface area (Å²) in [7, 11) is 0. The van der Waals surface area contributed by atoms with Crippen LogP contribution in [-0.2, 0) is 0 Å². The smallest absolute Gasteiger partial charge is 0.202 e. The largest absolute Gasteiger partial charge is 0.360 e. The van der Waals surface area contributed by atoms with Gasteiger partial charge >= 0.3 is 0 Å². The number of hydrogen-bond acceptors (Lipinski definition) is 4. The molecule has 1 N–H and O–H groups in total. The molecule has 2 rings (SSSR count). The zero-order valence-corrected chi connectivity index (χ0v) is 10.6. The molecule has 0 amide bonds. The number of nitrogens with zero attached hydrogens (tertiary/aromatic N) is 2. The summed E-state index contributed by atoms with van der Waals surface area (Å²) in [5, 5.41) is 3.98. The maximum atomic E-state index is 13.0. The molecule has 5 heteroatoms. The predicted molar refractivity (Wildman–Crippen MR) is 68.6 cm³/mol. The van der Waals surface area contributed by atoms with Gasteiger partial charge in [-0.05, 0) is 18.1 Å². The highest BCUT2D eigenvalue weighted by atomic mass is 32.1. The van der Waals surface area contributed by atoms with E-state index in [-0.39, 0.29) is 5.82 Å². The first-order valence-corrected chi connectivity index (χ1v) is 6.26. The lowest BCUT2D eigenvalue weighted by Gasteiger charge is -2.03. The van der Waals surface area contributed by atoms with Gasteiger partial charge in [-0.1, -0.05) is 26.0 Å². The molecular weight excluding hydrogens is 237 g/mol. The summed E-state index contributed by atoms with van der Waals surface area (Å²) in [5.74, 6) is 0.853. The van der Waals surface area contributed by atoms with E-state index in [1.807, 2.05) is 0 Å². The van der Waals surface area contributed by atoms with Crippen molar-refractivity contribution in [3.63, 3.8) is 0 Å². The van der Waals surface area contributed by atoms with Crippen molar-refractivity contribution in [1.29, 1.82) is 0 Å². The Morgan fingerprint density at radius 2 is 2.24 bits per heavy atom. The van der Waals surface area contributed by atoms with E-state index < -0.39 is 0 Å². The van der Waals surface area contributed by atoms with Gasteiger partial charge in [0.2, 0.25) is 5.13 Å². The molecule has 1 aromatic heterocycles. The number of aromatic nitrogens is 2. The number of benzene rings is 1. The van der Waals surface area contributed by atoms with E-state index in [2.05, 4.69) is 28.5 Å². The minimum absolute atomic E-state index is 0.269. The van der Waals surface area contributed by atoms with Crippen molar-refractivity contribution in [3.05, 3.63) is 30.1 Å². The Bertz CT molecular complexity index is 496. The van der Waals surface area contributed by atoms with Gasteiger partial charge in [0.15, 0.2) is 5.82 Å². The zero-order chi connectivity index (χ0) is 12.3. The van der Waals surface area contributed by atoms with Gasteiger partial charge < -0.3 is 5.32 Å². The molecule has 2 aromatic rings. The third-order valence-electron chi connectivity index (χ3n) is 2.17. The standard InChI is InChI=1S/C12H14FN3S/c1-8(2)7-14-12-15-11(16-17-12)9-4-3-5-10(13)6-9/h3-6,8H,7H2,1-2H3,(H,14,15,16). The fourth-order valence-electron chi connectivity index (χ4n) is 1.33. The molecular formula is C12H14FN3S. The number of nitrogens with one attached hydrogen (secondary N) is 1. The summed E-state index contributed by atoms with van der Waals surface area (Å²) < 4.78 is 17.3. The summed E-state index contributed by atoms with van der Waals surface area (Å²) in [6.45, 7) is 5.11.